The van der Waals surface area contributed by atoms with E-state index in [1.54, 1.807) is 11.8 Å². The first-order chi connectivity index (χ1) is 10.5. The van der Waals surface area contributed by atoms with Gasteiger partial charge < -0.3 is 9.84 Å². The van der Waals surface area contributed by atoms with E-state index >= 15 is 0 Å². The van der Waals surface area contributed by atoms with Crippen LogP contribution < -0.4 is 0 Å². The van der Waals surface area contributed by atoms with Crippen LogP contribution in [-0.4, -0.2) is 28.7 Å². The second-order valence-electron chi connectivity index (χ2n) is 5.88. The van der Waals surface area contributed by atoms with E-state index in [4.69, 9.17) is 4.74 Å². The molecule has 0 spiro atoms. The zero-order valence-corrected chi connectivity index (χ0v) is 14.3. The molecule has 0 aromatic heterocycles. The van der Waals surface area contributed by atoms with Crippen LogP contribution >= 0.6 is 11.8 Å². The van der Waals surface area contributed by atoms with E-state index in [0.717, 1.165) is 12.8 Å². The molecule has 1 aromatic carbocycles. The Morgan fingerprint density at radius 1 is 1.36 bits per heavy atom. The van der Waals surface area contributed by atoms with E-state index in [-0.39, 0.29) is 11.7 Å². The van der Waals surface area contributed by atoms with Gasteiger partial charge in [0.05, 0.1) is 5.57 Å². The average molecular weight is 320 g/mol. The molecule has 0 saturated carbocycles. The minimum absolute atomic E-state index is 0.148. The first-order valence-electron chi connectivity index (χ1n) is 7.72. The predicted molar refractivity (Wildman–Crippen MR) is 91.2 cm³/mol. The number of ether oxygens (including phenoxy) is 1. The number of aryl methyl sites for hydroxylation is 2. The molecule has 2 atom stereocenters. The number of benzene rings is 1. The fourth-order valence-electron chi connectivity index (χ4n) is 2.68. The first-order valence-corrected chi connectivity index (χ1v) is 9.01. The highest BCUT2D eigenvalue weighted by atomic mass is 32.2. The molecule has 1 aliphatic rings. The van der Waals surface area contributed by atoms with Gasteiger partial charge >= 0.3 is 5.97 Å². The Morgan fingerprint density at radius 3 is 2.82 bits per heavy atom. The normalized spacial score (nSPS) is 19.4. The van der Waals surface area contributed by atoms with Crippen molar-refractivity contribution in [3.8, 4) is 0 Å². The molecule has 2 rings (SSSR count). The maximum absolute atomic E-state index is 11.9. The number of aliphatic hydroxyl groups is 1. The maximum atomic E-state index is 11.9. The van der Waals surface area contributed by atoms with Gasteiger partial charge in [-0.15, -0.1) is 0 Å². The van der Waals surface area contributed by atoms with Crippen molar-refractivity contribution in [1.82, 2.24) is 0 Å². The number of thioether (sulfide) groups is 1. The van der Waals surface area contributed by atoms with Crippen LogP contribution in [0.2, 0.25) is 0 Å². The van der Waals surface area contributed by atoms with Crippen LogP contribution in [-0.2, 0) is 16.0 Å². The van der Waals surface area contributed by atoms with E-state index in [2.05, 4.69) is 32.0 Å². The summed E-state index contributed by atoms with van der Waals surface area (Å²) in [6.45, 7) is 4.14. The van der Waals surface area contributed by atoms with Crippen molar-refractivity contribution in [2.24, 2.45) is 0 Å². The van der Waals surface area contributed by atoms with E-state index in [1.807, 2.05) is 12.3 Å². The van der Waals surface area contributed by atoms with Crippen LogP contribution in [0.25, 0.3) is 0 Å². The van der Waals surface area contributed by atoms with Crippen molar-refractivity contribution < 1.29 is 14.6 Å². The maximum Gasteiger partial charge on any atom is 0.338 e. The van der Waals surface area contributed by atoms with Crippen LogP contribution in [0.1, 0.15) is 37.3 Å². The highest BCUT2D eigenvalue weighted by Gasteiger charge is 2.34. The highest BCUT2D eigenvalue weighted by molar-refractivity contribution is 7.99. The molecule has 4 heteroatoms. The second-order valence-corrected chi connectivity index (χ2v) is 7.16. The highest BCUT2D eigenvalue weighted by Crippen LogP contribution is 2.29. The third kappa shape index (κ3) is 4.29. The van der Waals surface area contributed by atoms with Crippen LogP contribution in [0.3, 0.4) is 0 Å². The lowest BCUT2D eigenvalue weighted by molar-refractivity contribution is -0.140. The number of hydrogen-bond acceptors (Lipinski definition) is 4. The number of rotatable bonds is 7. The molecule has 0 aliphatic carbocycles. The number of aliphatic hydroxyl groups excluding tert-OH is 1. The first kappa shape index (κ1) is 16.9. The van der Waals surface area contributed by atoms with E-state index in [9.17, 15) is 9.90 Å². The number of cyclic esters (lactones) is 1. The molecule has 22 heavy (non-hydrogen) atoms. The molecule has 0 radical (unpaired) electrons. The zero-order valence-electron chi connectivity index (χ0n) is 13.5. The van der Waals surface area contributed by atoms with Gasteiger partial charge in [-0.25, -0.2) is 4.79 Å². The summed E-state index contributed by atoms with van der Waals surface area (Å²) in [5.74, 6) is -0.199. The fraction of sp³-hybridized carbons (Fsp3) is 0.500. The van der Waals surface area contributed by atoms with Crippen molar-refractivity contribution in [2.75, 3.05) is 6.26 Å². The smallest absolute Gasteiger partial charge is 0.338 e. The van der Waals surface area contributed by atoms with Crippen molar-refractivity contribution in [3.63, 3.8) is 0 Å². The predicted octanol–water partition coefficient (Wildman–Crippen LogP) is 4.20. The molecular formula is C18H24O3S. The Morgan fingerprint density at radius 2 is 2.14 bits per heavy atom. The van der Waals surface area contributed by atoms with Crippen molar-refractivity contribution in [3.05, 3.63) is 46.7 Å². The van der Waals surface area contributed by atoms with Gasteiger partial charge in [0.15, 0.2) is 6.10 Å². The summed E-state index contributed by atoms with van der Waals surface area (Å²) in [4.78, 5) is 11.9. The van der Waals surface area contributed by atoms with Gasteiger partial charge in [-0.1, -0.05) is 36.8 Å². The Hall–Kier alpha value is -1.42. The number of hydrogen-bond donors (Lipinski definition) is 1. The topological polar surface area (TPSA) is 46.5 Å². The lowest BCUT2D eigenvalue weighted by atomic mass is 10.0. The molecule has 2 unspecified atom stereocenters. The minimum atomic E-state index is -0.455. The molecule has 0 amide bonds. The lowest BCUT2D eigenvalue weighted by Crippen LogP contribution is -2.16. The molecule has 1 N–H and O–H groups in total. The third-order valence-corrected chi connectivity index (χ3v) is 5.03. The summed E-state index contributed by atoms with van der Waals surface area (Å²) in [6.07, 6.45) is 4.54. The van der Waals surface area contributed by atoms with E-state index < -0.39 is 6.10 Å². The molecule has 1 heterocycles. The molecule has 1 aliphatic heterocycles. The summed E-state index contributed by atoms with van der Waals surface area (Å²) in [5, 5.41) is 10.6. The summed E-state index contributed by atoms with van der Waals surface area (Å²) < 4.78 is 5.30. The Bertz CT molecular complexity index is 565. The third-order valence-electron chi connectivity index (χ3n) is 4.03. The molecule has 0 bridgehead atoms. The summed E-state index contributed by atoms with van der Waals surface area (Å²) in [5.41, 5.74) is 2.97. The van der Waals surface area contributed by atoms with Crippen molar-refractivity contribution in [1.29, 1.82) is 0 Å². The number of carbonyl (C=O) groups excluding carboxylic acids is 1. The number of esters is 1. The summed E-state index contributed by atoms with van der Waals surface area (Å²) >= 11 is 1.71. The standard InChI is InChI=1S/C18H24O3S/c1-12-6-4-7-14(10-12)8-5-9-15-17(19)16(21-18(15)20)11-13(2)22-3/h4,6-7,10,13,16,19H,5,8-9,11H2,1-3H3. The fourth-order valence-corrected chi connectivity index (χ4v) is 3.05. The van der Waals surface area contributed by atoms with Crippen LogP contribution in [0, 0.1) is 6.92 Å². The Balaban J connectivity index is 1.92. The van der Waals surface area contributed by atoms with Crippen LogP contribution in [0.5, 0.6) is 0 Å². The largest absolute Gasteiger partial charge is 0.508 e. The lowest BCUT2D eigenvalue weighted by Gasteiger charge is -2.14. The van der Waals surface area contributed by atoms with E-state index in [0.29, 0.717) is 23.7 Å². The molecule has 120 valence electrons. The minimum Gasteiger partial charge on any atom is -0.508 e. The number of carbonyl (C=O) groups is 1. The molecule has 1 aromatic rings. The van der Waals surface area contributed by atoms with Crippen LogP contribution in [0.15, 0.2) is 35.6 Å². The van der Waals surface area contributed by atoms with Gasteiger partial charge in [-0.3, -0.25) is 0 Å². The van der Waals surface area contributed by atoms with Crippen LogP contribution in [0.4, 0.5) is 0 Å². The van der Waals surface area contributed by atoms with Gasteiger partial charge in [0.1, 0.15) is 5.76 Å². The zero-order chi connectivity index (χ0) is 16.1. The summed E-state index contributed by atoms with van der Waals surface area (Å²) in [7, 11) is 0. The van der Waals surface area contributed by atoms with Crippen molar-refractivity contribution in [2.45, 2.75) is 50.9 Å². The van der Waals surface area contributed by atoms with E-state index in [1.165, 1.54) is 11.1 Å². The quantitative estimate of drug-likeness (QED) is 0.765. The van der Waals surface area contributed by atoms with Gasteiger partial charge in [0.2, 0.25) is 0 Å². The molecule has 0 saturated heterocycles. The van der Waals surface area contributed by atoms with Gasteiger partial charge in [-0.2, -0.15) is 11.8 Å². The average Bonchev–Trinajstić information content (AvgIpc) is 2.74. The van der Waals surface area contributed by atoms with Crippen molar-refractivity contribution >= 4 is 17.7 Å². The summed E-state index contributed by atoms with van der Waals surface area (Å²) in [6, 6.07) is 8.37. The monoisotopic (exact) mass is 320 g/mol. The van der Waals surface area contributed by atoms with Gasteiger partial charge in [0, 0.05) is 11.7 Å². The SMILES string of the molecule is CSC(C)CC1OC(=O)C(CCCc2cccc(C)c2)=C1O. The Labute approximate surface area is 136 Å². The van der Waals surface area contributed by atoms with Gasteiger partial charge in [0.25, 0.3) is 0 Å². The Kier molecular flexibility index (Phi) is 5.95. The molecule has 0 fully saturated rings. The molecule has 3 nitrogen and oxygen atoms in total. The molecular weight excluding hydrogens is 296 g/mol. The van der Waals surface area contributed by atoms with Gasteiger partial charge in [-0.05, 0) is 38.0 Å². The second kappa shape index (κ2) is 7.73.